The van der Waals surface area contributed by atoms with Crippen LogP contribution in [-0.4, -0.2) is 222 Å². The number of nitrogen functional groups attached to an aromatic ring is 1. The second-order valence-corrected chi connectivity index (χ2v) is 33.0. The molecule has 19 rings (SSSR count). The lowest BCUT2D eigenvalue weighted by molar-refractivity contribution is 0.0697. The van der Waals surface area contributed by atoms with Gasteiger partial charge in [-0.05, 0) is 171 Å². The summed E-state index contributed by atoms with van der Waals surface area (Å²) < 4.78 is 0.917. The van der Waals surface area contributed by atoms with Gasteiger partial charge in [0.15, 0.2) is 0 Å². The highest BCUT2D eigenvalue weighted by Gasteiger charge is 2.26. The molecule has 13 N–H and O–H groups in total. The molecule has 4 fully saturated rings. The molecule has 0 spiro atoms. The van der Waals surface area contributed by atoms with Crippen LogP contribution in [0.25, 0.3) is 64.9 Å². The Balaban J connectivity index is 0.000000140. The van der Waals surface area contributed by atoms with Gasteiger partial charge in [0.1, 0.15) is 27.6 Å². The Bertz CT molecular complexity index is 6370. The van der Waals surface area contributed by atoms with Crippen molar-refractivity contribution in [3.05, 3.63) is 284 Å². The predicted molar refractivity (Wildman–Crippen MR) is 516 cm³/mol. The Morgan fingerprint density at radius 1 is 0.385 bits per heavy atom. The lowest BCUT2D eigenvalue weighted by Crippen LogP contribution is -2.36. The molecular weight excluding hydrogens is 1820 g/mol. The number of carboxylic acid groups (broad SMARTS) is 1. The zero-order valence-corrected chi connectivity index (χ0v) is 75.9. The summed E-state index contributed by atoms with van der Waals surface area (Å²) in [5.41, 5.74) is 30.9. The zero-order chi connectivity index (χ0) is 92.2. The minimum Gasteiger partial charge on any atom is -0.478 e. The monoisotopic (exact) mass is 1910 g/mol. The molecule has 0 saturated carbocycles. The molecule has 0 radical (unpaired) electrons. The van der Waals surface area contributed by atoms with Crippen molar-refractivity contribution in [2.24, 2.45) is 11.5 Å². The van der Waals surface area contributed by atoms with Crippen LogP contribution in [0.2, 0.25) is 25.1 Å². The van der Waals surface area contributed by atoms with Gasteiger partial charge in [-0.2, -0.15) is 0 Å². The number of nitrogens with one attached hydrogen (secondary N) is 6. The second-order valence-electron chi connectivity index (χ2n) is 30.0. The van der Waals surface area contributed by atoms with E-state index in [0.717, 1.165) is 84.7 Å². The van der Waals surface area contributed by atoms with Crippen LogP contribution in [0.4, 0.5) is 62.6 Å². The van der Waals surface area contributed by atoms with Crippen molar-refractivity contribution in [1.29, 1.82) is 0 Å². The number of anilines is 9. The maximum atomic E-state index is 12.8. The van der Waals surface area contributed by atoms with E-state index >= 15 is 0 Å². The highest BCUT2D eigenvalue weighted by molar-refractivity contribution is 9.10. The molecule has 664 valence electrons. The van der Waals surface area contributed by atoms with Gasteiger partial charge < -0.3 is 73.8 Å². The van der Waals surface area contributed by atoms with Crippen molar-refractivity contribution in [3.63, 3.8) is 0 Å². The van der Waals surface area contributed by atoms with Gasteiger partial charge in [0.05, 0.1) is 130 Å². The van der Waals surface area contributed by atoms with E-state index in [-0.39, 0.29) is 29.5 Å². The van der Waals surface area contributed by atoms with Gasteiger partial charge in [-0.1, -0.05) is 73.9 Å². The van der Waals surface area contributed by atoms with Crippen LogP contribution < -0.4 is 49.1 Å². The van der Waals surface area contributed by atoms with Crippen molar-refractivity contribution in [2.45, 2.75) is 49.9 Å². The number of benzene rings is 5. The molecule has 4 atom stereocenters. The first-order valence-corrected chi connectivity index (χ1v) is 43.1. The summed E-state index contributed by atoms with van der Waals surface area (Å²) >= 11 is 34.2. The maximum Gasteiger partial charge on any atom is 0.337 e. The van der Waals surface area contributed by atoms with E-state index in [0.29, 0.717) is 138 Å². The lowest BCUT2D eigenvalue weighted by atomic mass is 10.1. The van der Waals surface area contributed by atoms with E-state index in [1.165, 1.54) is 50.6 Å². The zero-order valence-electron chi connectivity index (χ0n) is 70.6. The van der Waals surface area contributed by atoms with Gasteiger partial charge in [-0.25, -0.2) is 14.5 Å². The normalized spacial score (nSPS) is 15.6. The number of pyridine rings is 5. The number of rotatable bonds is 13. The van der Waals surface area contributed by atoms with Crippen molar-refractivity contribution in [2.75, 3.05) is 108 Å². The topological polar surface area (TPSA) is 437 Å². The standard InChI is InChI=1S/2C19H19ClN6O.C14H8ClN5.C14H9ClN4O2.C8H4BrClN2.C6H5N3.2C5H12N2/c2*1-26-7-3-12(11-26)25-19(27)14-2-4-21-10-17(14)24-13-8-15(20)18-16(9-13)22-5-6-23-18;1-16-11-2-3-17-8-13(11)20-9-6-10(15)14-12(7-9)18-4-5-19-14;15-10-5-8(6-11-13(10)18-4-3-17-11)19-12-7-16-2-1-9(12)14(20)21;9-5-3-6(10)8-7(4-5)11-1-2-12-8;1-8-6-2-3-9-4-5(6)7;2*1-7-3-2-5(6)4-7/h2*2,4-6,8-10,12,24H,3,7,11H2,1H3,(H,25,27);2-8,20H;1-7,19H,(H,20,21);1-4H;2-4H,7H2;2*5H,2-4,6H2,1H3/t2*12-;;;;;2*5-/m10....10/s1. The number of nitrogens with zero attached hydrogens (tertiary/aromatic N) is 21. The molecule has 130 heavy (non-hydrogen) atoms. The largest absolute Gasteiger partial charge is 0.478 e. The van der Waals surface area contributed by atoms with Crippen LogP contribution in [0.3, 0.4) is 0 Å². The first-order valence-electron chi connectivity index (χ1n) is 40.4. The summed E-state index contributed by atoms with van der Waals surface area (Å²) in [4.78, 5) is 114. The van der Waals surface area contributed by atoms with Gasteiger partial charge in [0.25, 0.3) is 11.8 Å². The number of nitrogens with two attached hydrogens (primary N) is 3. The van der Waals surface area contributed by atoms with Crippen LogP contribution in [-0.2, 0) is 0 Å². The number of fused-ring (bicyclic) bond motifs is 5. The van der Waals surface area contributed by atoms with E-state index in [2.05, 4.69) is 180 Å². The highest BCUT2D eigenvalue weighted by Crippen LogP contribution is 2.35. The predicted octanol–water partition coefficient (Wildman–Crippen LogP) is 16.4. The van der Waals surface area contributed by atoms with Gasteiger partial charge >= 0.3 is 5.97 Å². The molecule has 4 aliphatic rings. The molecule has 5 aromatic carbocycles. The number of carbonyl (C=O) groups excluding carboxylic acids is 2. The van der Waals surface area contributed by atoms with Crippen molar-refractivity contribution >= 4 is 209 Å². The molecule has 4 aliphatic heterocycles. The molecular formula is C90H88BrCl5N30O4. The number of hydrogen-bond acceptors (Lipinski definition) is 29. The fraction of sp³-hybridized carbons (Fsp3) is 0.222. The summed E-state index contributed by atoms with van der Waals surface area (Å²) in [6.07, 6.45) is 35.8. The number of amides is 2. The summed E-state index contributed by atoms with van der Waals surface area (Å²) in [5, 5.41) is 30.5. The summed E-state index contributed by atoms with van der Waals surface area (Å²) in [7, 11) is 8.32. The first-order chi connectivity index (χ1) is 62.8. The smallest absolute Gasteiger partial charge is 0.337 e. The molecule has 40 heteroatoms. The van der Waals surface area contributed by atoms with E-state index in [9.17, 15) is 14.4 Å². The number of halogens is 6. The van der Waals surface area contributed by atoms with E-state index in [1.54, 1.807) is 166 Å². The molecule has 4 saturated heterocycles. The first kappa shape index (κ1) is 95.7. The number of hydrogen-bond donors (Lipinski definition) is 10. The summed E-state index contributed by atoms with van der Waals surface area (Å²) in [6, 6.07) is 27.2. The van der Waals surface area contributed by atoms with Crippen LogP contribution in [0.15, 0.2) is 219 Å². The Morgan fingerprint density at radius 3 is 0.985 bits per heavy atom. The fourth-order valence-corrected chi connectivity index (χ4v) is 15.7. The van der Waals surface area contributed by atoms with Crippen LogP contribution in [0, 0.1) is 13.1 Å². The van der Waals surface area contributed by atoms with Gasteiger partial charge in [0, 0.05) is 183 Å². The van der Waals surface area contributed by atoms with E-state index < -0.39 is 5.97 Å². The minimum absolute atomic E-state index is 0.119. The molecule has 0 bridgehead atoms. The number of aromatic carboxylic acids is 1. The average molecular weight is 1910 g/mol. The average Bonchev–Trinajstić information content (AvgIpc) is 0.901. The molecule has 15 aromatic rings. The van der Waals surface area contributed by atoms with Crippen LogP contribution in [0.1, 0.15) is 56.8 Å². The number of likely N-dealkylation sites (N-methyl/N-ethyl adjacent to an activating group) is 4. The number of carboxylic acids is 1. The Kier molecular flexibility index (Phi) is 34.7. The fourth-order valence-electron chi connectivity index (χ4n) is 13.8. The molecule has 14 heterocycles. The minimum atomic E-state index is -1.04. The van der Waals surface area contributed by atoms with Crippen molar-refractivity contribution in [1.82, 2.24) is 105 Å². The quantitative estimate of drug-likeness (QED) is 0.0479. The SMILES string of the molecule is CN1CC[C@@H](N)C1.CN1CC[C@@H](NC(=O)c2ccncc2Nc2cc(Cl)c3nccnc3c2)C1.CN1CC[C@H](N)C1.CN1CC[C@H](NC(=O)c2ccncc2Nc2cc(Cl)c3nccnc3c2)C1.Clc1cc(Br)cc2nccnc12.O=C(O)c1ccncc1Nc1cc(Cl)c2nccnc2c1.[C-]#[N+]c1ccncc1N.[C-]#[N+]c1ccncc1Nc1cc(Cl)c2nccnc2c1. The van der Waals surface area contributed by atoms with Gasteiger partial charge in [0.2, 0.25) is 11.4 Å². The third-order valence-corrected chi connectivity index (χ3v) is 22.0. The molecule has 0 unspecified atom stereocenters. The van der Waals surface area contributed by atoms with Crippen LogP contribution in [0.5, 0.6) is 0 Å². The Labute approximate surface area is 781 Å². The van der Waals surface area contributed by atoms with Crippen molar-refractivity contribution < 1.29 is 19.5 Å². The third-order valence-electron chi connectivity index (χ3n) is 20.1. The molecule has 34 nitrogen and oxygen atoms in total. The molecule has 10 aromatic heterocycles. The Hall–Kier alpha value is -13.4. The van der Waals surface area contributed by atoms with Gasteiger partial charge in [-0.15, -0.1) is 0 Å². The Morgan fingerprint density at radius 2 is 0.677 bits per heavy atom. The van der Waals surface area contributed by atoms with E-state index in [4.69, 9.17) is 93.5 Å². The summed E-state index contributed by atoms with van der Waals surface area (Å²) in [6.45, 7) is 22.0. The summed E-state index contributed by atoms with van der Waals surface area (Å²) in [5.74, 6) is -1.27. The number of likely N-dealkylation sites (tertiary alicyclic amines) is 4. The van der Waals surface area contributed by atoms with Gasteiger partial charge in [-0.3, -0.25) is 84.3 Å². The van der Waals surface area contributed by atoms with Crippen molar-refractivity contribution in [3.8, 4) is 0 Å². The van der Waals surface area contributed by atoms with E-state index in [1.807, 2.05) is 24.3 Å². The number of carbonyl (C=O) groups is 3. The maximum absolute atomic E-state index is 12.8. The highest BCUT2D eigenvalue weighted by atomic mass is 79.9. The third kappa shape index (κ3) is 27.3. The van der Waals surface area contributed by atoms with Crippen LogP contribution >= 0.6 is 73.9 Å². The second kappa shape index (κ2) is 47.1. The molecule has 2 amide bonds. The lowest BCUT2D eigenvalue weighted by Gasteiger charge is -2.16. The molecule has 0 aliphatic carbocycles. The number of aromatic nitrogens is 15.